The SMILES string of the molecule is C=C(C)C(F)Oc1cc(C#N)cc(Oc2c(C(F)(F)C(=C)C)ncn(CC34C=CC(=O)NI3C4)c2=O)c1. The molecule has 0 bridgehead atoms. The van der Waals surface area contributed by atoms with Crippen LogP contribution in [0.4, 0.5) is 13.2 Å². The first-order valence-corrected chi connectivity index (χ1v) is 14.5. The Balaban J connectivity index is 1.77. The molecule has 2 aliphatic rings. The van der Waals surface area contributed by atoms with Crippen LogP contribution in [0.3, 0.4) is 0 Å². The summed E-state index contributed by atoms with van der Waals surface area (Å²) in [5, 5.41) is 9.37. The van der Waals surface area contributed by atoms with Crippen molar-refractivity contribution in [2.24, 2.45) is 0 Å². The van der Waals surface area contributed by atoms with Crippen molar-refractivity contribution in [3.63, 3.8) is 0 Å². The molecule has 1 fully saturated rings. The van der Waals surface area contributed by atoms with Crippen molar-refractivity contribution in [3.05, 3.63) is 82.6 Å². The van der Waals surface area contributed by atoms with Crippen LogP contribution in [0, 0.1) is 11.3 Å². The molecule has 2 aliphatic heterocycles. The molecule has 0 spiro atoms. The summed E-state index contributed by atoms with van der Waals surface area (Å²) in [5.74, 6) is -4.99. The number of carbonyl (C=O) groups is 1. The fraction of sp³-hybridized carbons (Fsp3) is 0.280. The summed E-state index contributed by atoms with van der Waals surface area (Å²) >= 11 is -1.86. The van der Waals surface area contributed by atoms with Crippen LogP contribution in [-0.4, -0.2) is 29.7 Å². The number of aromatic nitrogens is 2. The number of carbonyl (C=O) groups excluding carboxylic acids is 1. The molecular formula is C25H22F3IN4O4. The molecule has 0 radical (unpaired) electrons. The molecule has 1 amide bonds. The van der Waals surface area contributed by atoms with E-state index >= 15 is 8.78 Å². The van der Waals surface area contributed by atoms with Gasteiger partial charge >= 0.3 is 205 Å². The summed E-state index contributed by atoms with van der Waals surface area (Å²) in [6.07, 6.45) is 2.29. The van der Waals surface area contributed by atoms with Crippen LogP contribution >= 0.6 is 20.1 Å². The van der Waals surface area contributed by atoms with Crippen LogP contribution in [0.25, 0.3) is 0 Å². The first-order chi connectivity index (χ1) is 17.4. The zero-order chi connectivity index (χ0) is 27.1. The van der Waals surface area contributed by atoms with Crippen LogP contribution in [0.5, 0.6) is 17.2 Å². The first kappa shape index (κ1) is 26.5. The Bertz CT molecular complexity index is 1450. The van der Waals surface area contributed by atoms with Crippen molar-refractivity contribution >= 4 is 26.0 Å². The van der Waals surface area contributed by atoms with Gasteiger partial charge in [-0.1, -0.05) is 6.58 Å². The second-order valence-corrected chi connectivity index (χ2v) is 14.2. The Morgan fingerprint density at radius 1 is 1.32 bits per heavy atom. The maximum atomic E-state index is 15.0. The van der Waals surface area contributed by atoms with E-state index in [2.05, 4.69) is 21.7 Å². The van der Waals surface area contributed by atoms with Gasteiger partial charge in [-0.2, -0.15) is 0 Å². The number of nitrogens with zero attached hydrogens (tertiary/aromatic N) is 3. The second kappa shape index (κ2) is 9.70. The Morgan fingerprint density at radius 3 is 2.65 bits per heavy atom. The number of amides is 1. The topological polar surface area (TPSA) is 106 Å². The van der Waals surface area contributed by atoms with E-state index in [0.29, 0.717) is 0 Å². The van der Waals surface area contributed by atoms with Crippen molar-refractivity contribution in [3.8, 4) is 23.3 Å². The third kappa shape index (κ3) is 5.27. The molecular weight excluding hydrogens is 604 g/mol. The molecule has 8 nitrogen and oxygen atoms in total. The number of ether oxygens (including phenoxy) is 2. The minimum atomic E-state index is -3.71. The summed E-state index contributed by atoms with van der Waals surface area (Å²) < 4.78 is 59.3. The summed E-state index contributed by atoms with van der Waals surface area (Å²) in [6.45, 7) is 9.38. The fourth-order valence-corrected chi connectivity index (χ4v) is 8.99. The first-order valence-electron chi connectivity index (χ1n) is 10.8. The van der Waals surface area contributed by atoms with Crippen molar-refractivity contribution in [2.75, 3.05) is 4.43 Å². The number of allylic oxidation sites excluding steroid dienone is 2. The van der Waals surface area contributed by atoms with Crippen molar-refractivity contribution < 1.29 is 27.4 Å². The fourth-order valence-electron chi connectivity index (χ4n) is 3.47. The Morgan fingerprint density at radius 2 is 2.03 bits per heavy atom. The number of nitriles is 1. The molecule has 2 aromatic rings. The third-order valence-corrected chi connectivity index (χ3v) is 11.7. The Kier molecular flexibility index (Phi) is 6.93. The van der Waals surface area contributed by atoms with E-state index in [4.69, 9.17) is 9.47 Å². The van der Waals surface area contributed by atoms with Gasteiger partial charge < -0.3 is 0 Å². The van der Waals surface area contributed by atoms with Gasteiger partial charge in [0.2, 0.25) is 0 Å². The zero-order valence-electron chi connectivity index (χ0n) is 19.9. The third-order valence-electron chi connectivity index (χ3n) is 5.59. The van der Waals surface area contributed by atoms with Crippen LogP contribution in [0.15, 0.2) is 65.8 Å². The zero-order valence-corrected chi connectivity index (χ0v) is 22.0. The predicted octanol–water partition coefficient (Wildman–Crippen LogP) is 4.69. The molecule has 37 heavy (non-hydrogen) atoms. The van der Waals surface area contributed by atoms with Crippen molar-refractivity contribution in [1.29, 1.82) is 5.26 Å². The molecule has 194 valence electrons. The number of hydrogen-bond donors (Lipinski definition) is 1. The van der Waals surface area contributed by atoms with Gasteiger partial charge in [-0.15, -0.1) is 0 Å². The van der Waals surface area contributed by atoms with E-state index in [1.165, 1.54) is 31.2 Å². The van der Waals surface area contributed by atoms with E-state index < -0.39 is 54.9 Å². The summed E-state index contributed by atoms with van der Waals surface area (Å²) in [5.41, 5.74) is -2.35. The van der Waals surface area contributed by atoms with E-state index in [-0.39, 0.29) is 38.5 Å². The van der Waals surface area contributed by atoms with Crippen LogP contribution in [0.2, 0.25) is 0 Å². The van der Waals surface area contributed by atoms with E-state index in [1.807, 2.05) is 6.07 Å². The summed E-state index contributed by atoms with van der Waals surface area (Å²) in [7, 11) is 0. The number of rotatable bonds is 9. The molecule has 1 saturated heterocycles. The van der Waals surface area contributed by atoms with E-state index in [1.54, 1.807) is 6.08 Å². The molecule has 3 heterocycles. The van der Waals surface area contributed by atoms with Crippen LogP contribution in [-0.2, 0) is 17.3 Å². The Labute approximate surface area is 217 Å². The molecule has 12 heteroatoms. The van der Waals surface area contributed by atoms with Crippen LogP contribution in [0.1, 0.15) is 25.1 Å². The minimum absolute atomic E-state index is 0.0200. The van der Waals surface area contributed by atoms with E-state index in [9.17, 15) is 19.2 Å². The normalized spacial score (nSPS) is 19.8. The monoisotopic (exact) mass is 626 g/mol. The van der Waals surface area contributed by atoms with Gasteiger partial charge in [0.25, 0.3) is 0 Å². The number of fused-ring (bicyclic) bond motifs is 1. The molecule has 2 unspecified atom stereocenters. The number of benzene rings is 1. The van der Waals surface area contributed by atoms with Gasteiger partial charge in [-0.3, -0.25) is 0 Å². The quantitative estimate of drug-likeness (QED) is 0.188. The van der Waals surface area contributed by atoms with Gasteiger partial charge in [0.05, 0.1) is 0 Å². The summed E-state index contributed by atoms with van der Waals surface area (Å²) in [6, 6.07) is 5.44. The van der Waals surface area contributed by atoms with Crippen molar-refractivity contribution in [1.82, 2.24) is 13.1 Å². The number of nitrogens with one attached hydrogen (secondary N) is 1. The number of hydrogen-bond acceptors (Lipinski definition) is 6. The second-order valence-electron chi connectivity index (χ2n) is 8.72. The van der Waals surface area contributed by atoms with E-state index in [0.717, 1.165) is 22.2 Å². The van der Waals surface area contributed by atoms with Crippen LogP contribution < -0.4 is 18.6 Å². The van der Waals surface area contributed by atoms with Gasteiger partial charge in [-0.25, -0.2) is 0 Å². The van der Waals surface area contributed by atoms with Gasteiger partial charge in [-0.05, 0) is 6.92 Å². The molecule has 1 aromatic carbocycles. The summed E-state index contributed by atoms with van der Waals surface area (Å²) in [4.78, 5) is 28.9. The molecule has 2 atom stereocenters. The molecule has 4 rings (SSSR count). The van der Waals surface area contributed by atoms with Gasteiger partial charge in [0.1, 0.15) is 0 Å². The number of halogens is 4. The average molecular weight is 626 g/mol. The molecule has 0 saturated carbocycles. The predicted molar refractivity (Wildman–Crippen MR) is 138 cm³/mol. The van der Waals surface area contributed by atoms with Crippen molar-refractivity contribution in [2.45, 2.75) is 36.1 Å². The van der Waals surface area contributed by atoms with Gasteiger partial charge in [0.15, 0.2) is 0 Å². The molecule has 1 N–H and O–H groups in total. The molecule has 1 aromatic heterocycles. The average Bonchev–Trinajstić information content (AvgIpc) is 3.54. The Hall–Kier alpha value is -3.60. The maximum absolute atomic E-state index is 15.0. The number of alkyl halides is 5. The van der Waals surface area contributed by atoms with Gasteiger partial charge in [0, 0.05) is 0 Å². The molecule has 0 aliphatic carbocycles. The standard InChI is InChI=1S/C25H22F3IN4O4/c1-14(2)22(26)37-18-8-16(10-30)7-17(9-18)36-20-21(25(27,28)15(3)4)31-13-33(23(20)35)12-24-6-5-19(34)32-29(24)11-24/h5-9,13,22H,1,3,11-12H2,2,4H3,(H,32,34).